The largest absolute Gasteiger partial charge is 0.393 e. The van der Waals surface area contributed by atoms with Crippen LogP contribution in [0.15, 0.2) is 11.6 Å². The van der Waals surface area contributed by atoms with E-state index < -0.39 is 0 Å². The first-order valence-corrected chi connectivity index (χ1v) is 13.3. The van der Waals surface area contributed by atoms with Gasteiger partial charge >= 0.3 is 0 Å². The summed E-state index contributed by atoms with van der Waals surface area (Å²) < 4.78 is 0. The summed E-state index contributed by atoms with van der Waals surface area (Å²) in [5, 5.41) is 10.8. The van der Waals surface area contributed by atoms with E-state index >= 15 is 0 Å². The normalized spacial score (nSPS) is 55.9. The van der Waals surface area contributed by atoms with Crippen LogP contribution >= 0.6 is 0 Å². The number of hydrogen-bond acceptors (Lipinski definition) is 2. The number of ketones is 1. The molecule has 2 heteroatoms. The zero-order valence-corrected chi connectivity index (χ0v) is 21.1. The van der Waals surface area contributed by atoms with Gasteiger partial charge in [0.2, 0.25) is 0 Å². The quantitative estimate of drug-likeness (QED) is 0.462. The van der Waals surface area contributed by atoms with Crippen LogP contribution in [0.2, 0.25) is 0 Å². The average molecular weight is 427 g/mol. The molecule has 0 saturated heterocycles. The Balaban J connectivity index is 1.57. The SMILES string of the molecule is C[C@@H]1[C@H]2[C@H]3CC[C@@H]4[C@@]5(C)CC[C@H](O)C(C)(C)[C@@H]5CC[C@@]4(C)C3=CC(=O)[C@@]2(C)CC[C@H]1C. The Morgan fingerprint density at radius 1 is 0.839 bits per heavy atom. The highest BCUT2D eigenvalue weighted by molar-refractivity contribution is 5.97. The fourth-order valence-electron chi connectivity index (χ4n) is 10.4. The number of fused-ring (bicyclic) bond motifs is 7. The Bertz CT molecular complexity index is 810. The van der Waals surface area contributed by atoms with Gasteiger partial charge in [0.25, 0.3) is 0 Å². The third-order valence-electron chi connectivity index (χ3n) is 12.5. The Labute approximate surface area is 190 Å². The van der Waals surface area contributed by atoms with E-state index in [-0.39, 0.29) is 27.8 Å². The molecule has 5 rings (SSSR count). The van der Waals surface area contributed by atoms with Crippen LogP contribution in [0.1, 0.15) is 99.8 Å². The predicted molar refractivity (Wildman–Crippen MR) is 126 cm³/mol. The second-order valence-corrected chi connectivity index (χ2v) is 13.9. The van der Waals surface area contributed by atoms with Crippen LogP contribution in [-0.4, -0.2) is 17.0 Å². The molecule has 4 fully saturated rings. The molecule has 0 spiro atoms. The van der Waals surface area contributed by atoms with Gasteiger partial charge in [-0.2, -0.15) is 0 Å². The standard InChI is InChI=1S/C29H46O2/c1-17-10-13-29(7)24(31)16-20-19(25(29)18(17)2)8-9-22-27(20,5)14-11-21-26(3,4)23(30)12-15-28(21,22)6/h16-19,21-23,25,30H,8-15H2,1-7H3/t17-,18+,19+,21+,22+,23+,25+,27+,28+,29-/m1/s1. The van der Waals surface area contributed by atoms with E-state index in [9.17, 15) is 9.90 Å². The Morgan fingerprint density at radius 3 is 2.23 bits per heavy atom. The first kappa shape index (κ1) is 22.2. The van der Waals surface area contributed by atoms with Gasteiger partial charge in [-0.15, -0.1) is 0 Å². The molecule has 5 aliphatic carbocycles. The summed E-state index contributed by atoms with van der Waals surface area (Å²) in [6, 6.07) is 0. The van der Waals surface area contributed by atoms with Gasteiger partial charge in [-0.1, -0.05) is 54.0 Å². The molecule has 2 nitrogen and oxygen atoms in total. The number of carbonyl (C=O) groups is 1. The third kappa shape index (κ3) is 2.69. The highest BCUT2D eigenvalue weighted by Crippen LogP contribution is 2.71. The van der Waals surface area contributed by atoms with Crippen LogP contribution in [-0.2, 0) is 4.79 Å². The van der Waals surface area contributed by atoms with Gasteiger partial charge in [0.05, 0.1) is 6.10 Å². The topological polar surface area (TPSA) is 37.3 Å². The zero-order valence-electron chi connectivity index (χ0n) is 21.1. The molecule has 5 aliphatic rings. The Kier molecular flexibility index (Phi) is 4.80. The lowest BCUT2D eigenvalue weighted by atomic mass is 9.37. The number of aliphatic hydroxyl groups excluding tert-OH is 1. The molecule has 4 saturated carbocycles. The molecule has 174 valence electrons. The Morgan fingerprint density at radius 2 is 1.52 bits per heavy atom. The van der Waals surface area contributed by atoms with Crippen LogP contribution < -0.4 is 0 Å². The van der Waals surface area contributed by atoms with E-state index in [1.807, 2.05) is 0 Å². The minimum absolute atomic E-state index is 0.00612. The minimum atomic E-state index is -0.174. The first-order chi connectivity index (χ1) is 14.4. The molecular weight excluding hydrogens is 380 g/mol. The molecule has 0 heterocycles. The second kappa shape index (κ2) is 6.71. The average Bonchev–Trinajstić information content (AvgIpc) is 2.69. The van der Waals surface area contributed by atoms with Crippen molar-refractivity contribution >= 4 is 5.78 Å². The van der Waals surface area contributed by atoms with Crippen molar-refractivity contribution in [2.45, 2.75) is 106 Å². The van der Waals surface area contributed by atoms with Crippen molar-refractivity contribution in [3.8, 4) is 0 Å². The van der Waals surface area contributed by atoms with Crippen molar-refractivity contribution in [1.29, 1.82) is 0 Å². The van der Waals surface area contributed by atoms with Crippen molar-refractivity contribution in [1.82, 2.24) is 0 Å². The lowest BCUT2D eigenvalue weighted by Gasteiger charge is -2.68. The van der Waals surface area contributed by atoms with Crippen LogP contribution in [0, 0.1) is 57.2 Å². The van der Waals surface area contributed by atoms with E-state index in [2.05, 4.69) is 54.5 Å². The molecule has 0 aromatic carbocycles. The van der Waals surface area contributed by atoms with Crippen LogP contribution in [0.3, 0.4) is 0 Å². The first-order valence-electron chi connectivity index (χ1n) is 13.3. The summed E-state index contributed by atoms with van der Waals surface area (Å²) in [5.41, 5.74) is 1.83. The summed E-state index contributed by atoms with van der Waals surface area (Å²) in [5.74, 6) is 4.15. The zero-order chi connectivity index (χ0) is 22.6. The van der Waals surface area contributed by atoms with Crippen molar-refractivity contribution in [3.63, 3.8) is 0 Å². The molecule has 31 heavy (non-hydrogen) atoms. The van der Waals surface area contributed by atoms with Crippen molar-refractivity contribution in [2.24, 2.45) is 57.2 Å². The number of allylic oxidation sites excluding steroid dienone is 2. The summed E-state index contributed by atoms with van der Waals surface area (Å²) in [6.45, 7) is 16.9. The van der Waals surface area contributed by atoms with Gasteiger partial charge in [0, 0.05) is 5.41 Å². The smallest absolute Gasteiger partial charge is 0.161 e. The van der Waals surface area contributed by atoms with E-state index in [0.717, 1.165) is 25.2 Å². The Hall–Kier alpha value is -0.630. The maximum absolute atomic E-state index is 13.7. The molecule has 0 aromatic heterocycles. The number of carbonyl (C=O) groups excluding carboxylic acids is 1. The fraction of sp³-hybridized carbons (Fsp3) is 0.897. The summed E-state index contributed by atoms with van der Waals surface area (Å²) in [6.07, 6.45) is 11.3. The van der Waals surface area contributed by atoms with Gasteiger partial charge < -0.3 is 5.11 Å². The number of hydrogen-bond donors (Lipinski definition) is 1. The number of aliphatic hydroxyl groups is 1. The highest BCUT2D eigenvalue weighted by atomic mass is 16.3. The van der Waals surface area contributed by atoms with Crippen molar-refractivity contribution < 1.29 is 9.90 Å². The predicted octanol–water partition coefficient (Wildman–Crippen LogP) is 6.81. The van der Waals surface area contributed by atoms with Crippen molar-refractivity contribution in [2.75, 3.05) is 0 Å². The van der Waals surface area contributed by atoms with Gasteiger partial charge in [0.1, 0.15) is 0 Å². The van der Waals surface area contributed by atoms with Gasteiger partial charge in [-0.3, -0.25) is 4.79 Å². The number of rotatable bonds is 0. The van der Waals surface area contributed by atoms with Gasteiger partial charge in [-0.25, -0.2) is 0 Å². The van der Waals surface area contributed by atoms with Gasteiger partial charge in [0.15, 0.2) is 5.78 Å². The molecule has 0 aliphatic heterocycles. The van der Waals surface area contributed by atoms with E-state index in [0.29, 0.717) is 35.4 Å². The maximum atomic E-state index is 13.7. The third-order valence-corrected chi connectivity index (χ3v) is 12.5. The molecule has 0 unspecified atom stereocenters. The molecule has 0 aromatic rings. The lowest BCUT2D eigenvalue weighted by molar-refractivity contribution is -0.177. The molecule has 0 amide bonds. The molecule has 0 bridgehead atoms. The fourth-order valence-corrected chi connectivity index (χ4v) is 10.4. The van der Waals surface area contributed by atoms with E-state index in [1.54, 1.807) is 5.57 Å². The highest BCUT2D eigenvalue weighted by Gasteiger charge is 2.65. The van der Waals surface area contributed by atoms with E-state index in [1.165, 1.54) is 32.1 Å². The van der Waals surface area contributed by atoms with Crippen LogP contribution in [0.5, 0.6) is 0 Å². The minimum Gasteiger partial charge on any atom is -0.393 e. The maximum Gasteiger partial charge on any atom is 0.161 e. The van der Waals surface area contributed by atoms with Gasteiger partial charge in [-0.05, 0) is 109 Å². The van der Waals surface area contributed by atoms with E-state index in [4.69, 9.17) is 0 Å². The van der Waals surface area contributed by atoms with Crippen LogP contribution in [0.4, 0.5) is 0 Å². The molecule has 0 radical (unpaired) electrons. The lowest BCUT2D eigenvalue weighted by Crippen LogP contribution is -2.62. The summed E-state index contributed by atoms with van der Waals surface area (Å²) in [4.78, 5) is 13.7. The summed E-state index contributed by atoms with van der Waals surface area (Å²) >= 11 is 0. The summed E-state index contributed by atoms with van der Waals surface area (Å²) in [7, 11) is 0. The molecule has 10 atom stereocenters. The second-order valence-electron chi connectivity index (χ2n) is 13.9. The van der Waals surface area contributed by atoms with Crippen LogP contribution in [0.25, 0.3) is 0 Å². The molecular formula is C29H46O2. The molecule has 1 N–H and O–H groups in total. The monoisotopic (exact) mass is 426 g/mol. The van der Waals surface area contributed by atoms with Crippen molar-refractivity contribution in [3.05, 3.63) is 11.6 Å².